The lowest BCUT2D eigenvalue weighted by atomic mass is 10.0. The van der Waals surface area contributed by atoms with Gasteiger partial charge in [-0.25, -0.2) is 0 Å². The predicted molar refractivity (Wildman–Crippen MR) is 92.7 cm³/mol. The number of fused-ring (bicyclic) bond motifs is 1. The topological polar surface area (TPSA) is 49.6 Å². The molecule has 0 spiro atoms. The SMILES string of the molecule is CCN1CCC[C@@H]1[C@@H]1CCCN1C(=O)Cc1noc2ccccc12. The molecular weight excluding hydrogens is 302 g/mol. The first-order valence-corrected chi connectivity index (χ1v) is 9.14. The maximum atomic E-state index is 12.9. The Labute approximate surface area is 142 Å². The van der Waals surface area contributed by atoms with E-state index in [2.05, 4.69) is 21.9 Å². The Bertz CT molecular complexity index is 726. The molecule has 0 aliphatic carbocycles. The Morgan fingerprint density at radius 1 is 1.21 bits per heavy atom. The molecule has 2 aliphatic heterocycles. The van der Waals surface area contributed by atoms with E-state index in [1.165, 1.54) is 19.4 Å². The van der Waals surface area contributed by atoms with Gasteiger partial charge in [0.05, 0.1) is 6.42 Å². The molecule has 3 heterocycles. The number of para-hydroxylation sites is 1. The lowest BCUT2D eigenvalue weighted by Gasteiger charge is -2.34. The molecule has 2 saturated heterocycles. The molecule has 0 radical (unpaired) electrons. The average molecular weight is 327 g/mol. The van der Waals surface area contributed by atoms with E-state index in [9.17, 15) is 4.79 Å². The minimum absolute atomic E-state index is 0.194. The van der Waals surface area contributed by atoms with Gasteiger partial charge in [0.15, 0.2) is 5.58 Å². The Kier molecular flexibility index (Phi) is 4.27. The van der Waals surface area contributed by atoms with Crippen molar-refractivity contribution < 1.29 is 9.32 Å². The van der Waals surface area contributed by atoms with Gasteiger partial charge in [0.1, 0.15) is 5.69 Å². The maximum absolute atomic E-state index is 12.9. The first-order valence-electron chi connectivity index (χ1n) is 9.14. The number of aromatic nitrogens is 1. The third kappa shape index (κ3) is 2.71. The molecule has 2 fully saturated rings. The normalized spacial score (nSPS) is 25.0. The molecule has 0 bridgehead atoms. The van der Waals surface area contributed by atoms with Crippen molar-refractivity contribution in [1.82, 2.24) is 15.0 Å². The average Bonchev–Trinajstić information content (AvgIpc) is 3.33. The van der Waals surface area contributed by atoms with Crippen molar-refractivity contribution in [1.29, 1.82) is 0 Å². The zero-order valence-electron chi connectivity index (χ0n) is 14.3. The standard InChI is InChI=1S/C19H25N3O2/c1-2-21-11-5-8-16(21)17-9-6-12-22(17)19(23)13-15-14-7-3-4-10-18(14)24-20-15/h3-4,7,10,16-17H,2,5-6,8-9,11-13H2,1H3/t16-,17+/m1/s1. The summed E-state index contributed by atoms with van der Waals surface area (Å²) < 4.78 is 5.34. The number of likely N-dealkylation sites (N-methyl/N-ethyl adjacent to an activating group) is 1. The summed E-state index contributed by atoms with van der Waals surface area (Å²) in [5.74, 6) is 0.194. The molecule has 2 atom stereocenters. The second-order valence-electron chi connectivity index (χ2n) is 6.94. The molecule has 1 aromatic heterocycles. The third-order valence-corrected chi connectivity index (χ3v) is 5.65. The monoisotopic (exact) mass is 327 g/mol. The van der Waals surface area contributed by atoms with Crippen molar-refractivity contribution in [3.63, 3.8) is 0 Å². The van der Waals surface area contributed by atoms with Crippen molar-refractivity contribution in [2.24, 2.45) is 0 Å². The quantitative estimate of drug-likeness (QED) is 0.866. The van der Waals surface area contributed by atoms with Crippen LogP contribution in [0.1, 0.15) is 38.3 Å². The number of nitrogens with zero attached hydrogens (tertiary/aromatic N) is 3. The van der Waals surface area contributed by atoms with Crippen molar-refractivity contribution in [3.05, 3.63) is 30.0 Å². The highest BCUT2D eigenvalue weighted by molar-refractivity contribution is 5.86. The number of hydrogen-bond donors (Lipinski definition) is 0. The largest absolute Gasteiger partial charge is 0.356 e. The van der Waals surface area contributed by atoms with E-state index in [1.807, 2.05) is 24.3 Å². The summed E-state index contributed by atoms with van der Waals surface area (Å²) in [7, 11) is 0. The summed E-state index contributed by atoms with van der Waals surface area (Å²) in [5, 5.41) is 5.08. The van der Waals surface area contributed by atoms with Crippen LogP contribution in [-0.4, -0.2) is 52.6 Å². The molecule has 5 nitrogen and oxygen atoms in total. The molecule has 0 unspecified atom stereocenters. The Balaban J connectivity index is 1.51. The van der Waals surface area contributed by atoms with Crippen molar-refractivity contribution >= 4 is 16.9 Å². The molecule has 1 amide bonds. The number of benzene rings is 1. The van der Waals surface area contributed by atoms with Crippen LogP contribution in [0.2, 0.25) is 0 Å². The van der Waals surface area contributed by atoms with E-state index in [4.69, 9.17) is 4.52 Å². The van der Waals surface area contributed by atoms with E-state index in [0.29, 0.717) is 18.5 Å². The Morgan fingerprint density at radius 2 is 2.00 bits per heavy atom. The summed E-state index contributed by atoms with van der Waals surface area (Å²) >= 11 is 0. The van der Waals surface area contributed by atoms with Crippen molar-refractivity contribution in [3.8, 4) is 0 Å². The fourth-order valence-electron chi connectivity index (χ4n) is 4.49. The van der Waals surface area contributed by atoms with Crippen LogP contribution in [0.25, 0.3) is 11.0 Å². The van der Waals surface area contributed by atoms with Crippen LogP contribution in [0, 0.1) is 0 Å². The third-order valence-electron chi connectivity index (χ3n) is 5.65. The molecule has 5 heteroatoms. The fourth-order valence-corrected chi connectivity index (χ4v) is 4.49. The van der Waals surface area contributed by atoms with Gasteiger partial charge in [0, 0.05) is 24.0 Å². The number of rotatable bonds is 4. The first-order chi connectivity index (χ1) is 11.8. The molecule has 2 aromatic rings. The van der Waals surface area contributed by atoms with Crippen LogP contribution < -0.4 is 0 Å². The molecule has 128 valence electrons. The summed E-state index contributed by atoms with van der Waals surface area (Å²) in [6.45, 7) is 5.36. The van der Waals surface area contributed by atoms with Gasteiger partial charge in [-0.3, -0.25) is 9.69 Å². The van der Waals surface area contributed by atoms with Crippen molar-refractivity contribution in [2.75, 3.05) is 19.6 Å². The van der Waals surface area contributed by atoms with Gasteiger partial charge in [-0.05, 0) is 50.9 Å². The van der Waals surface area contributed by atoms with E-state index in [-0.39, 0.29) is 5.91 Å². The number of amides is 1. The van der Waals surface area contributed by atoms with E-state index >= 15 is 0 Å². The second kappa shape index (κ2) is 6.55. The molecule has 4 rings (SSSR count). The van der Waals surface area contributed by atoms with Gasteiger partial charge in [-0.2, -0.15) is 0 Å². The van der Waals surface area contributed by atoms with Crippen LogP contribution in [0.15, 0.2) is 28.8 Å². The zero-order chi connectivity index (χ0) is 16.5. The highest BCUT2D eigenvalue weighted by Gasteiger charge is 2.39. The van der Waals surface area contributed by atoms with E-state index in [0.717, 1.165) is 42.6 Å². The van der Waals surface area contributed by atoms with Crippen LogP contribution >= 0.6 is 0 Å². The molecule has 0 N–H and O–H groups in total. The number of carbonyl (C=O) groups excluding carboxylic acids is 1. The molecule has 2 aliphatic rings. The number of likely N-dealkylation sites (tertiary alicyclic amines) is 2. The maximum Gasteiger partial charge on any atom is 0.229 e. The van der Waals surface area contributed by atoms with E-state index in [1.54, 1.807) is 0 Å². The van der Waals surface area contributed by atoms with Crippen LogP contribution in [0.3, 0.4) is 0 Å². The lowest BCUT2D eigenvalue weighted by molar-refractivity contribution is -0.132. The summed E-state index contributed by atoms with van der Waals surface area (Å²) in [6, 6.07) is 8.67. The van der Waals surface area contributed by atoms with Gasteiger partial charge >= 0.3 is 0 Å². The zero-order valence-corrected chi connectivity index (χ0v) is 14.3. The van der Waals surface area contributed by atoms with Gasteiger partial charge in [-0.1, -0.05) is 24.2 Å². The second-order valence-corrected chi connectivity index (χ2v) is 6.94. The van der Waals surface area contributed by atoms with E-state index < -0.39 is 0 Å². The van der Waals surface area contributed by atoms with Crippen molar-refractivity contribution in [2.45, 2.75) is 51.1 Å². The van der Waals surface area contributed by atoms with Crippen LogP contribution in [0.4, 0.5) is 0 Å². The summed E-state index contributed by atoms with van der Waals surface area (Å²) in [5.41, 5.74) is 1.52. The molecule has 24 heavy (non-hydrogen) atoms. The molecular formula is C19H25N3O2. The van der Waals surface area contributed by atoms with Gasteiger partial charge in [-0.15, -0.1) is 0 Å². The highest BCUT2D eigenvalue weighted by atomic mass is 16.5. The molecule has 1 aromatic carbocycles. The molecule has 0 saturated carbocycles. The summed E-state index contributed by atoms with van der Waals surface area (Å²) in [4.78, 5) is 17.6. The van der Waals surface area contributed by atoms with Gasteiger partial charge < -0.3 is 9.42 Å². The lowest BCUT2D eigenvalue weighted by Crippen LogP contribution is -2.48. The smallest absolute Gasteiger partial charge is 0.229 e. The van der Waals surface area contributed by atoms with Crippen LogP contribution in [0.5, 0.6) is 0 Å². The number of carbonyl (C=O) groups is 1. The fraction of sp³-hybridized carbons (Fsp3) is 0.579. The number of hydrogen-bond acceptors (Lipinski definition) is 4. The Morgan fingerprint density at radius 3 is 2.88 bits per heavy atom. The summed E-state index contributed by atoms with van der Waals surface area (Å²) in [6.07, 6.45) is 5.06. The minimum atomic E-state index is 0.194. The Hall–Kier alpha value is -1.88. The van der Waals surface area contributed by atoms with Gasteiger partial charge in [0.25, 0.3) is 0 Å². The van der Waals surface area contributed by atoms with Gasteiger partial charge in [0.2, 0.25) is 5.91 Å². The first kappa shape index (κ1) is 15.6. The highest BCUT2D eigenvalue weighted by Crippen LogP contribution is 2.30. The predicted octanol–water partition coefficient (Wildman–Crippen LogP) is 2.85. The minimum Gasteiger partial charge on any atom is -0.356 e. The van der Waals surface area contributed by atoms with Crippen LogP contribution in [-0.2, 0) is 11.2 Å².